The number of amides is 1. The molecular weight excluding hydrogens is 356 g/mol. The van der Waals surface area contributed by atoms with Gasteiger partial charge in [0.2, 0.25) is 5.91 Å². The quantitative estimate of drug-likeness (QED) is 0.790. The van der Waals surface area contributed by atoms with E-state index < -0.39 is 6.10 Å². The highest BCUT2D eigenvalue weighted by Gasteiger charge is 2.29. The van der Waals surface area contributed by atoms with Crippen molar-refractivity contribution in [2.45, 2.75) is 45.3 Å². The Morgan fingerprint density at radius 3 is 2.89 bits per heavy atom. The molecule has 1 amide bonds. The second kappa shape index (κ2) is 9.01. The summed E-state index contributed by atoms with van der Waals surface area (Å²) in [5.74, 6) is 1.53. The number of methoxy groups -OCH3 is 1. The van der Waals surface area contributed by atoms with Crippen LogP contribution < -0.4 is 15.0 Å². The fraction of sp³-hybridized carbons (Fsp3) is 0.476. The first-order chi connectivity index (χ1) is 13.5. The number of ether oxygens (including phenoxy) is 1. The van der Waals surface area contributed by atoms with E-state index in [-0.39, 0.29) is 11.9 Å². The summed E-state index contributed by atoms with van der Waals surface area (Å²) in [5.41, 5.74) is 2.66. The maximum absolute atomic E-state index is 12.5. The van der Waals surface area contributed by atoms with Crippen molar-refractivity contribution in [2.75, 3.05) is 25.1 Å². The fourth-order valence-corrected chi connectivity index (χ4v) is 3.63. The van der Waals surface area contributed by atoms with Crippen LogP contribution in [0.2, 0.25) is 0 Å². The number of aromatic nitrogens is 2. The van der Waals surface area contributed by atoms with E-state index in [0.29, 0.717) is 32.4 Å². The van der Waals surface area contributed by atoms with Crippen molar-refractivity contribution in [2.24, 2.45) is 0 Å². The van der Waals surface area contributed by atoms with Gasteiger partial charge in [-0.05, 0) is 38.3 Å². The van der Waals surface area contributed by atoms with Crippen molar-refractivity contribution in [1.82, 2.24) is 15.3 Å². The van der Waals surface area contributed by atoms with Crippen molar-refractivity contribution in [3.05, 3.63) is 47.4 Å². The van der Waals surface area contributed by atoms with Crippen LogP contribution in [-0.2, 0) is 11.2 Å². The number of nitrogens with one attached hydrogen (secondary N) is 1. The third-order valence-electron chi connectivity index (χ3n) is 4.96. The maximum Gasteiger partial charge on any atom is 0.220 e. The Morgan fingerprint density at radius 1 is 1.32 bits per heavy atom. The van der Waals surface area contributed by atoms with Gasteiger partial charge in [0.25, 0.3) is 0 Å². The average Bonchev–Trinajstić information content (AvgIpc) is 2.68. The van der Waals surface area contributed by atoms with Gasteiger partial charge in [-0.15, -0.1) is 0 Å². The number of nitrogens with zero attached hydrogens (tertiary/aromatic N) is 3. The van der Waals surface area contributed by atoms with Crippen LogP contribution in [0, 0.1) is 13.8 Å². The number of carbonyl (C=O) groups is 1. The van der Waals surface area contributed by atoms with Crippen molar-refractivity contribution in [3.63, 3.8) is 0 Å². The van der Waals surface area contributed by atoms with Crippen LogP contribution in [0.4, 0.5) is 5.82 Å². The van der Waals surface area contributed by atoms with Gasteiger partial charge in [0.05, 0.1) is 24.6 Å². The van der Waals surface area contributed by atoms with Gasteiger partial charge in [0, 0.05) is 31.7 Å². The van der Waals surface area contributed by atoms with Gasteiger partial charge in [0.15, 0.2) is 0 Å². The number of aliphatic hydroxyl groups excluding tert-OH is 1. The number of hydrogen-bond acceptors (Lipinski definition) is 6. The summed E-state index contributed by atoms with van der Waals surface area (Å²) in [5, 5.41) is 13.4. The van der Waals surface area contributed by atoms with Gasteiger partial charge in [-0.3, -0.25) is 9.78 Å². The zero-order valence-corrected chi connectivity index (χ0v) is 16.7. The molecule has 0 bridgehead atoms. The molecule has 1 fully saturated rings. The molecular formula is C21H28N4O3. The summed E-state index contributed by atoms with van der Waals surface area (Å²) >= 11 is 0. The number of benzene rings is 1. The number of rotatable bonds is 6. The fourth-order valence-electron chi connectivity index (χ4n) is 3.63. The number of para-hydroxylation sites is 1. The summed E-state index contributed by atoms with van der Waals surface area (Å²) in [6, 6.07) is 7.59. The molecule has 1 saturated heterocycles. The zero-order chi connectivity index (χ0) is 20.1. The molecule has 0 unspecified atom stereocenters. The van der Waals surface area contributed by atoms with Gasteiger partial charge in [0.1, 0.15) is 11.6 Å². The molecule has 7 nitrogen and oxygen atoms in total. The normalized spacial score (nSPS) is 19.4. The molecule has 0 saturated carbocycles. The van der Waals surface area contributed by atoms with Crippen LogP contribution in [0.3, 0.4) is 0 Å². The first-order valence-electron chi connectivity index (χ1n) is 9.60. The average molecular weight is 384 g/mol. The smallest absolute Gasteiger partial charge is 0.220 e. The third kappa shape index (κ3) is 4.98. The molecule has 0 radical (unpaired) electrons. The number of aryl methyl sites for hydroxylation is 3. The topological polar surface area (TPSA) is 87.6 Å². The van der Waals surface area contributed by atoms with Gasteiger partial charge in [-0.2, -0.15) is 0 Å². The minimum atomic E-state index is -0.519. The van der Waals surface area contributed by atoms with Crippen molar-refractivity contribution in [3.8, 4) is 5.75 Å². The lowest BCUT2D eigenvalue weighted by molar-refractivity contribution is -0.122. The van der Waals surface area contributed by atoms with E-state index in [1.807, 2.05) is 43.0 Å². The summed E-state index contributed by atoms with van der Waals surface area (Å²) in [7, 11) is 1.63. The van der Waals surface area contributed by atoms with Crippen LogP contribution in [-0.4, -0.2) is 53.3 Å². The van der Waals surface area contributed by atoms with Crippen molar-refractivity contribution in [1.29, 1.82) is 0 Å². The van der Waals surface area contributed by atoms with E-state index in [2.05, 4.69) is 15.3 Å². The molecule has 28 heavy (non-hydrogen) atoms. The van der Waals surface area contributed by atoms with E-state index in [4.69, 9.17) is 4.74 Å². The highest BCUT2D eigenvalue weighted by molar-refractivity contribution is 5.76. The van der Waals surface area contributed by atoms with Crippen LogP contribution >= 0.6 is 0 Å². The molecule has 2 N–H and O–H groups in total. The molecule has 7 heteroatoms. The van der Waals surface area contributed by atoms with Gasteiger partial charge in [-0.1, -0.05) is 18.2 Å². The summed E-state index contributed by atoms with van der Waals surface area (Å²) < 4.78 is 5.34. The first kappa shape index (κ1) is 20.1. The second-order valence-corrected chi connectivity index (χ2v) is 7.29. The number of aliphatic hydroxyl groups is 1. The SMILES string of the molecule is COc1ccccc1CCC(=O)N[C@H]1C[C@@H](O)CN(c2nc(C)cnc2C)C1. The highest BCUT2D eigenvalue weighted by Crippen LogP contribution is 2.22. The molecule has 150 valence electrons. The Hall–Kier alpha value is -2.67. The monoisotopic (exact) mass is 384 g/mol. The van der Waals surface area contributed by atoms with E-state index >= 15 is 0 Å². The lowest BCUT2D eigenvalue weighted by atomic mass is 10.0. The molecule has 1 aliphatic rings. The standard InChI is InChI=1S/C21H28N4O3/c1-14-11-22-15(2)21(23-14)25-12-17(10-18(26)13-25)24-20(27)9-8-16-6-4-5-7-19(16)28-3/h4-7,11,17-18,26H,8-10,12-13H2,1-3H3,(H,24,27)/t17-,18+/m0/s1. The lowest BCUT2D eigenvalue weighted by Crippen LogP contribution is -2.53. The molecule has 0 spiro atoms. The summed E-state index contributed by atoms with van der Waals surface area (Å²) in [6.07, 6.45) is 2.73. The van der Waals surface area contributed by atoms with Crippen LogP contribution in [0.15, 0.2) is 30.5 Å². The summed E-state index contributed by atoms with van der Waals surface area (Å²) in [4.78, 5) is 23.4. The lowest BCUT2D eigenvalue weighted by Gasteiger charge is -2.37. The Balaban J connectivity index is 1.60. The molecule has 2 heterocycles. The van der Waals surface area contributed by atoms with Crippen LogP contribution in [0.1, 0.15) is 29.8 Å². The van der Waals surface area contributed by atoms with E-state index in [9.17, 15) is 9.90 Å². The van der Waals surface area contributed by atoms with Crippen LogP contribution in [0.5, 0.6) is 5.75 Å². The molecule has 2 aromatic rings. The zero-order valence-electron chi connectivity index (χ0n) is 16.7. The Morgan fingerprint density at radius 2 is 2.11 bits per heavy atom. The van der Waals surface area contributed by atoms with Gasteiger partial charge in [-0.25, -0.2) is 4.98 Å². The Labute approximate surface area is 165 Å². The number of β-amino-alcohol motifs (C(OH)–C–C–N with tert-alkyl or cyclic N) is 1. The molecule has 1 aliphatic heterocycles. The molecule has 1 aromatic carbocycles. The number of carbonyl (C=O) groups excluding carboxylic acids is 1. The molecule has 2 atom stereocenters. The molecule has 1 aromatic heterocycles. The van der Waals surface area contributed by atoms with E-state index in [1.165, 1.54) is 0 Å². The minimum absolute atomic E-state index is 0.0306. The highest BCUT2D eigenvalue weighted by atomic mass is 16.5. The predicted octanol–water partition coefficient (Wildman–Crippen LogP) is 1.79. The largest absolute Gasteiger partial charge is 0.496 e. The third-order valence-corrected chi connectivity index (χ3v) is 4.96. The Kier molecular flexibility index (Phi) is 6.46. The van der Waals surface area contributed by atoms with Gasteiger partial charge < -0.3 is 20.1 Å². The molecule has 3 rings (SSSR count). The Bertz CT molecular complexity index is 827. The number of hydrogen-bond donors (Lipinski definition) is 2. The number of piperidine rings is 1. The second-order valence-electron chi connectivity index (χ2n) is 7.29. The predicted molar refractivity (Wildman–Crippen MR) is 108 cm³/mol. The van der Waals surface area contributed by atoms with Gasteiger partial charge >= 0.3 is 0 Å². The van der Waals surface area contributed by atoms with E-state index in [1.54, 1.807) is 13.3 Å². The maximum atomic E-state index is 12.5. The van der Waals surface area contributed by atoms with Crippen molar-refractivity contribution < 1.29 is 14.6 Å². The summed E-state index contributed by atoms with van der Waals surface area (Å²) in [6.45, 7) is 4.90. The minimum Gasteiger partial charge on any atom is -0.496 e. The first-order valence-corrected chi connectivity index (χ1v) is 9.60. The van der Waals surface area contributed by atoms with Crippen molar-refractivity contribution >= 4 is 11.7 Å². The van der Waals surface area contributed by atoms with E-state index in [0.717, 1.165) is 28.5 Å². The number of anilines is 1. The van der Waals surface area contributed by atoms with Crippen LogP contribution in [0.25, 0.3) is 0 Å². The molecule has 0 aliphatic carbocycles.